The summed E-state index contributed by atoms with van der Waals surface area (Å²) in [6, 6.07) is 10.9. The number of carbonyl (C=O) groups excluding carboxylic acids is 1. The normalized spacial score (nSPS) is 20.3. The SMILES string of the molecule is O=C(c1ccnn1CC1CCC1)N1CCN(C2CC2)c2ccccc21. The summed E-state index contributed by atoms with van der Waals surface area (Å²) in [5, 5.41) is 4.42. The molecular formula is C20H24N4O. The maximum atomic E-state index is 13.3. The molecule has 2 heterocycles. The van der Waals surface area contributed by atoms with Crippen LogP contribution in [0.25, 0.3) is 0 Å². The molecule has 1 aromatic carbocycles. The van der Waals surface area contributed by atoms with Gasteiger partial charge in [0.1, 0.15) is 5.69 Å². The molecule has 0 radical (unpaired) electrons. The van der Waals surface area contributed by atoms with Crippen LogP contribution >= 0.6 is 0 Å². The predicted octanol–water partition coefficient (Wildman–Crippen LogP) is 3.31. The Hall–Kier alpha value is -2.30. The van der Waals surface area contributed by atoms with Crippen molar-refractivity contribution in [3.05, 3.63) is 42.2 Å². The van der Waals surface area contributed by atoms with Crippen LogP contribution in [0.4, 0.5) is 11.4 Å². The first-order chi connectivity index (χ1) is 12.3. The number of rotatable bonds is 4. The summed E-state index contributed by atoms with van der Waals surface area (Å²) in [4.78, 5) is 17.7. The standard InChI is InChI=1S/C20H24N4O/c25-20(19-10-11-21-24(19)14-15-4-3-5-15)23-13-12-22(16-8-9-16)17-6-1-2-7-18(17)23/h1-2,6-7,10-11,15-16H,3-5,8-9,12-14H2. The van der Waals surface area contributed by atoms with Crippen LogP contribution in [0.5, 0.6) is 0 Å². The number of anilines is 2. The van der Waals surface area contributed by atoms with E-state index in [1.807, 2.05) is 21.7 Å². The van der Waals surface area contributed by atoms with Gasteiger partial charge in [0.15, 0.2) is 0 Å². The summed E-state index contributed by atoms with van der Waals surface area (Å²) in [7, 11) is 0. The maximum Gasteiger partial charge on any atom is 0.276 e. The molecule has 0 atom stereocenters. The van der Waals surface area contributed by atoms with Crippen molar-refractivity contribution < 1.29 is 4.79 Å². The number of hydrogen-bond donors (Lipinski definition) is 0. The molecule has 0 spiro atoms. The van der Waals surface area contributed by atoms with Crippen LogP contribution in [0.15, 0.2) is 36.5 Å². The van der Waals surface area contributed by atoms with Gasteiger partial charge in [0, 0.05) is 31.9 Å². The van der Waals surface area contributed by atoms with E-state index in [2.05, 4.69) is 28.2 Å². The van der Waals surface area contributed by atoms with Crippen molar-refractivity contribution in [2.75, 3.05) is 22.9 Å². The molecule has 2 fully saturated rings. The number of para-hydroxylation sites is 2. The fourth-order valence-corrected chi connectivity index (χ4v) is 4.08. The van der Waals surface area contributed by atoms with E-state index in [1.165, 1.54) is 37.8 Å². The number of nitrogens with zero attached hydrogens (tertiary/aromatic N) is 4. The van der Waals surface area contributed by atoms with Crippen LogP contribution in [-0.4, -0.2) is 34.8 Å². The van der Waals surface area contributed by atoms with Gasteiger partial charge in [-0.15, -0.1) is 0 Å². The Morgan fingerprint density at radius 2 is 1.84 bits per heavy atom. The number of carbonyl (C=O) groups is 1. The van der Waals surface area contributed by atoms with Crippen molar-refractivity contribution in [1.82, 2.24) is 9.78 Å². The second-order valence-electron chi connectivity index (χ2n) is 7.57. The maximum absolute atomic E-state index is 13.3. The van der Waals surface area contributed by atoms with Gasteiger partial charge in [-0.1, -0.05) is 18.6 Å². The van der Waals surface area contributed by atoms with Crippen molar-refractivity contribution in [3.63, 3.8) is 0 Å². The Labute approximate surface area is 148 Å². The molecule has 2 aliphatic carbocycles. The molecule has 5 rings (SSSR count). The zero-order valence-corrected chi connectivity index (χ0v) is 14.5. The average Bonchev–Trinajstić information content (AvgIpc) is 3.34. The molecule has 0 bridgehead atoms. The first kappa shape index (κ1) is 15.0. The summed E-state index contributed by atoms with van der Waals surface area (Å²) in [5.74, 6) is 0.769. The molecular weight excluding hydrogens is 312 g/mol. The highest BCUT2D eigenvalue weighted by Crippen LogP contribution is 2.40. The third-order valence-corrected chi connectivity index (χ3v) is 5.87. The van der Waals surface area contributed by atoms with E-state index >= 15 is 0 Å². The fourth-order valence-electron chi connectivity index (χ4n) is 4.08. The average molecular weight is 336 g/mol. The number of amides is 1. The highest BCUT2D eigenvalue weighted by molar-refractivity contribution is 6.07. The summed E-state index contributed by atoms with van der Waals surface area (Å²) >= 11 is 0. The second kappa shape index (κ2) is 5.90. The molecule has 5 heteroatoms. The fraction of sp³-hybridized carbons (Fsp3) is 0.500. The van der Waals surface area contributed by atoms with E-state index < -0.39 is 0 Å². The van der Waals surface area contributed by atoms with Crippen molar-refractivity contribution in [2.45, 2.75) is 44.7 Å². The van der Waals surface area contributed by atoms with E-state index in [9.17, 15) is 4.79 Å². The van der Waals surface area contributed by atoms with E-state index in [0.717, 1.165) is 31.0 Å². The van der Waals surface area contributed by atoms with Gasteiger partial charge < -0.3 is 9.80 Å². The summed E-state index contributed by atoms with van der Waals surface area (Å²) in [6.45, 7) is 2.54. The van der Waals surface area contributed by atoms with Gasteiger partial charge in [0.25, 0.3) is 5.91 Å². The molecule has 0 N–H and O–H groups in total. The Kier molecular flexibility index (Phi) is 3.54. The molecule has 1 aliphatic heterocycles. The first-order valence-electron chi connectivity index (χ1n) is 9.50. The van der Waals surface area contributed by atoms with Gasteiger partial charge in [-0.3, -0.25) is 9.48 Å². The Morgan fingerprint density at radius 3 is 2.56 bits per heavy atom. The van der Waals surface area contributed by atoms with Gasteiger partial charge >= 0.3 is 0 Å². The lowest BCUT2D eigenvalue weighted by Crippen LogP contribution is -2.45. The molecule has 130 valence electrons. The van der Waals surface area contributed by atoms with Crippen molar-refractivity contribution in [3.8, 4) is 0 Å². The number of hydrogen-bond acceptors (Lipinski definition) is 3. The zero-order valence-electron chi connectivity index (χ0n) is 14.5. The minimum absolute atomic E-state index is 0.0831. The quantitative estimate of drug-likeness (QED) is 0.860. The highest BCUT2D eigenvalue weighted by Gasteiger charge is 2.36. The van der Waals surface area contributed by atoms with E-state index in [4.69, 9.17) is 0 Å². The highest BCUT2D eigenvalue weighted by atomic mass is 16.2. The molecule has 25 heavy (non-hydrogen) atoms. The lowest BCUT2D eigenvalue weighted by molar-refractivity contribution is 0.0973. The van der Waals surface area contributed by atoms with E-state index in [1.54, 1.807) is 6.20 Å². The van der Waals surface area contributed by atoms with Gasteiger partial charge in [0.2, 0.25) is 0 Å². The summed E-state index contributed by atoms with van der Waals surface area (Å²) in [6.07, 6.45) is 8.14. The number of fused-ring (bicyclic) bond motifs is 1. The third-order valence-electron chi connectivity index (χ3n) is 5.87. The van der Waals surface area contributed by atoms with Gasteiger partial charge in [0.05, 0.1) is 11.4 Å². The van der Waals surface area contributed by atoms with Gasteiger partial charge in [-0.25, -0.2) is 0 Å². The topological polar surface area (TPSA) is 41.4 Å². The molecule has 0 saturated heterocycles. The van der Waals surface area contributed by atoms with Crippen LogP contribution < -0.4 is 9.80 Å². The van der Waals surface area contributed by atoms with Gasteiger partial charge in [-0.05, 0) is 49.8 Å². The Morgan fingerprint density at radius 1 is 1.04 bits per heavy atom. The molecule has 2 saturated carbocycles. The van der Waals surface area contributed by atoms with Crippen molar-refractivity contribution >= 4 is 17.3 Å². The Bertz CT molecular complexity index is 790. The lowest BCUT2D eigenvalue weighted by Gasteiger charge is -2.38. The smallest absolute Gasteiger partial charge is 0.276 e. The second-order valence-corrected chi connectivity index (χ2v) is 7.57. The Balaban J connectivity index is 1.44. The predicted molar refractivity (Wildman–Crippen MR) is 98.1 cm³/mol. The first-order valence-corrected chi connectivity index (χ1v) is 9.50. The van der Waals surface area contributed by atoms with Crippen LogP contribution in [-0.2, 0) is 6.54 Å². The molecule has 1 amide bonds. The third kappa shape index (κ3) is 2.62. The summed E-state index contributed by atoms with van der Waals surface area (Å²) < 4.78 is 1.92. The number of benzene rings is 1. The number of aromatic nitrogens is 2. The van der Waals surface area contributed by atoms with Crippen LogP contribution in [0, 0.1) is 5.92 Å². The minimum atomic E-state index is 0.0831. The zero-order chi connectivity index (χ0) is 16.8. The molecule has 3 aliphatic rings. The lowest BCUT2D eigenvalue weighted by atomic mass is 9.85. The van der Waals surface area contributed by atoms with Crippen molar-refractivity contribution in [1.29, 1.82) is 0 Å². The van der Waals surface area contributed by atoms with Crippen LogP contribution in [0.3, 0.4) is 0 Å². The summed E-state index contributed by atoms with van der Waals surface area (Å²) in [5.41, 5.74) is 2.97. The molecule has 0 unspecified atom stereocenters. The molecule has 2 aromatic rings. The van der Waals surface area contributed by atoms with E-state index in [0.29, 0.717) is 12.0 Å². The van der Waals surface area contributed by atoms with Gasteiger partial charge in [-0.2, -0.15) is 5.10 Å². The molecule has 1 aromatic heterocycles. The monoisotopic (exact) mass is 336 g/mol. The molecule has 5 nitrogen and oxygen atoms in total. The minimum Gasteiger partial charge on any atom is -0.365 e. The van der Waals surface area contributed by atoms with Crippen molar-refractivity contribution in [2.24, 2.45) is 5.92 Å². The largest absolute Gasteiger partial charge is 0.365 e. The van der Waals surface area contributed by atoms with Crippen LogP contribution in [0.1, 0.15) is 42.6 Å². The van der Waals surface area contributed by atoms with Crippen LogP contribution in [0.2, 0.25) is 0 Å². The van der Waals surface area contributed by atoms with E-state index in [-0.39, 0.29) is 5.91 Å².